The number of aromatic nitrogens is 2. The van der Waals surface area contributed by atoms with E-state index in [0.717, 1.165) is 5.52 Å². The lowest BCUT2D eigenvalue weighted by Gasteiger charge is -2.20. The van der Waals surface area contributed by atoms with E-state index in [0.29, 0.717) is 22.6 Å². The number of benzene rings is 7. The topological polar surface area (TPSA) is 17.8 Å². The lowest BCUT2D eigenvalue weighted by atomic mass is 9.85. The van der Waals surface area contributed by atoms with Crippen LogP contribution < -0.4 is 0 Å². The second kappa shape index (κ2) is 9.87. The number of nitrogens with zero attached hydrogens (tertiary/aromatic N) is 2. The second-order valence-corrected chi connectivity index (χ2v) is 9.83. The van der Waals surface area contributed by atoms with Gasteiger partial charge in [-0.1, -0.05) is 127 Å². The fourth-order valence-corrected chi connectivity index (χ4v) is 5.74. The first-order chi connectivity index (χ1) is 26.2. The van der Waals surface area contributed by atoms with Crippen molar-refractivity contribution in [1.82, 2.24) is 9.55 Å². The van der Waals surface area contributed by atoms with Gasteiger partial charge in [-0.15, -0.1) is 0 Å². The summed E-state index contributed by atoms with van der Waals surface area (Å²) in [5.41, 5.74) is 3.05. The summed E-state index contributed by atoms with van der Waals surface area (Å²) >= 11 is 0. The SMILES string of the molecule is [2H]c1c([2H])c([2H])c(-c2cccc(-c3c4c([2H])c([2H])c([2H])c([2H])c4c(-c4ccccc4-n4c(C)nc5ccccc54)c4c([2H])c([2H])c([2H])c([2H])c34)c2)c([2H])c1[2H]. The highest BCUT2D eigenvalue weighted by molar-refractivity contribution is 6.22. The van der Waals surface area contributed by atoms with Gasteiger partial charge in [0.15, 0.2) is 0 Å². The van der Waals surface area contributed by atoms with E-state index in [1.165, 1.54) is 6.07 Å². The molecule has 0 aliphatic carbocycles. The summed E-state index contributed by atoms with van der Waals surface area (Å²) in [6.07, 6.45) is 0. The van der Waals surface area contributed by atoms with Crippen molar-refractivity contribution in [3.8, 4) is 39.1 Å². The Balaban J connectivity index is 1.61. The van der Waals surface area contributed by atoms with Crippen molar-refractivity contribution in [2.45, 2.75) is 6.92 Å². The highest BCUT2D eigenvalue weighted by Crippen LogP contribution is 2.45. The lowest BCUT2D eigenvalue weighted by molar-refractivity contribution is 1.00. The summed E-state index contributed by atoms with van der Waals surface area (Å²) in [5, 5.41) is 0.0000417. The van der Waals surface area contributed by atoms with Crippen molar-refractivity contribution in [2.24, 2.45) is 0 Å². The van der Waals surface area contributed by atoms with E-state index < -0.39 is 78.6 Å². The molecule has 0 spiro atoms. The molecule has 0 radical (unpaired) electrons. The molecule has 0 fully saturated rings. The highest BCUT2D eigenvalue weighted by atomic mass is 15.1. The molecule has 0 aliphatic rings. The predicted molar refractivity (Wildman–Crippen MR) is 177 cm³/mol. The quantitative estimate of drug-likeness (QED) is 0.200. The van der Waals surface area contributed by atoms with Gasteiger partial charge in [-0.3, -0.25) is 4.57 Å². The molecular weight excluding hydrogens is 508 g/mol. The summed E-state index contributed by atoms with van der Waals surface area (Å²) in [6, 6.07) is 14.4. The minimum absolute atomic E-state index is 0.0150. The molecule has 0 amide bonds. The van der Waals surface area contributed by atoms with Crippen LogP contribution >= 0.6 is 0 Å². The van der Waals surface area contributed by atoms with E-state index >= 15 is 0 Å². The molecule has 0 bridgehead atoms. The first-order valence-electron chi connectivity index (χ1n) is 19.8. The van der Waals surface area contributed by atoms with Crippen LogP contribution in [-0.2, 0) is 0 Å². The van der Waals surface area contributed by atoms with Gasteiger partial charge < -0.3 is 0 Å². The highest BCUT2D eigenvalue weighted by Gasteiger charge is 2.20. The molecule has 1 aromatic heterocycles. The third kappa shape index (κ3) is 3.84. The van der Waals surface area contributed by atoms with Crippen LogP contribution in [0.4, 0.5) is 0 Å². The Labute approximate surface area is 263 Å². The molecule has 0 saturated carbocycles. The maximum absolute atomic E-state index is 9.38. The molecule has 8 rings (SSSR count). The Morgan fingerprint density at radius 1 is 0.548 bits per heavy atom. The van der Waals surface area contributed by atoms with Crippen LogP contribution in [0.5, 0.6) is 0 Å². The zero-order valence-electron chi connectivity index (χ0n) is 35.3. The first-order valence-corrected chi connectivity index (χ1v) is 13.3. The third-order valence-corrected chi connectivity index (χ3v) is 7.46. The van der Waals surface area contributed by atoms with Crippen LogP contribution in [0.1, 0.15) is 23.6 Å². The average Bonchev–Trinajstić information content (AvgIpc) is 3.53. The van der Waals surface area contributed by atoms with Crippen molar-refractivity contribution < 1.29 is 17.8 Å². The molecule has 0 N–H and O–H groups in total. The number of hydrogen-bond donors (Lipinski definition) is 0. The van der Waals surface area contributed by atoms with Gasteiger partial charge in [-0.25, -0.2) is 4.98 Å². The smallest absolute Gasteiger partial charge is 0.111 e. The van der Waals surface area contributed by atoms with Crippen molar-refractivity contribution in [1.29, 1.82) is 0 Å². The second-order valence-electron chi connectivity index (χ2n) is 9.83. The molecule has 0 unspecified atom stereocenters. The minimum atomic E-state index is -0.561. The zero-order valence-corrected chi connectivity index (χ0v) is 22.3. The van der Waals surface area contributed by atoms with Crippen LogP contribution in [0.25, 0.3) is 71.6 Å². The Kier molecular flexibility index (Phi) is 3.39. The standard InChI is InChI=1S/C40H28N2/c1-27-41-36-23-10-12-25-38(36)42(27)37-24-11-9-22-35(37)40-33-20-7-5-18-31(33)39(32-19-6-8-21-34(32)40)30-17-13-16-29(26-30)28-14-3-2-4-15-28/h2-26H,1H3/i2D,3D,4D,5D,6D,7D,8D,14D,15D,18D,19D,20D,21D. The average molecular weight is 550 g/mol. The van der Waals surface area contributed by atoms with Gasteiger partial charge in [-0.2, -0.15) is 0 Å². The van der Waals surface area contributed by atoms with Gasteiger partial charge in [0.05, 0.1) is 34.5 Å². The molecule has 0 atom stereocenters. The summed E-state index contributed by atoms with van der Waals surface area (Å²) in [4.78, 5) is 4.74. The molecule has 1 heterocycles. The van der Waals surface area contributed by atoms with Crippen molar-refractivity contribution >= 4 is 32.6 Å². The van der Waals surface area contributed by atoms with Crippen LogP contribution in [0.3, 0.4) is 0 Å². The largest absolute Gasteiger partial charge is 0.296 e. The number of rotatable bonds is 4. The van der Waals surface area contributed by atoms with Crippen molar-refractivity contribution in [3.05, 3.63) is 157 Å². The van der Waals surface area contributed by atoms with Gasteiger partial charge in [0, 0.05) is 5.56 Å². The number of aryl methyl sites for hydroxylation is 1. The van der Waals surface area contributed by atoms with Gasteiger partial charge in [0.1, 0.15) is 5.82 Å². The molecule has 0 saturated heterocycles. The number of imidazole rings is 1. The molecular formula is C40H28N2. The van der Waals surface area contributed by atoms with E-state index in [1.807, 2.05) is 41.8 Å². The van der Waals surface area contributed by atoms with E-state index in [1.54, 1.807) is 36.4 Å². The monoisotopic (exact) mass is 549 g/mol. The third-order valence-electron chi connectivity index (χ3n) is 7.46. The Morgan fingerprint density at radius 3 is 1.88 bits per heavy atom. The van der Waals surface area contributed by atoms with Crippen LogP contribution in [0, 0.1) is 6.92 Å². The molecule has 0 aliphatic heterocycles. The zero-order chi connectivity index (χ0) is 39.4. The fourth-order valence-electron chi connectivity index (χ4n) is 5.74. The Bertz CT molecular complexity index is 2880. The molecule has 198 valence electrons. The summed E-state index contributed by atoms with van der Waals surface area (Å²) in [5.74, 6) is 0.618. The minimum Gasteiger partial charge on any atom is -0.296 e. The van der Waals surface area contributed by atoms with Gasteiger partial charge in [0.2, 0.25) is 0 Å². The molecule has 7 aromatic carbocycles. The number of para-hydroxylation sites is 3. The Hall–Kier alpha value is -5.47. The summed E-state index contributed by atoms with van der Waals surface area (Å²) < 4.78 is 116. The lowest BCUT2D eigenvalue weighted by Crippen LogP contribution is -2.00. The number of fused-ring (bicyclic) bond motifs is 3. The predicted octanol–water partition coefficient (Wildman–Crippen LogP) is 10.6. The van der Waals surface area contributed by atoms with Crippen molar-refractivity contribution in [2.75, 3.05) is 0 Å². The van der Waals surface area contributed by atoms with Crippen LogP contribution in [-0.4, -0.2) is 9.55 Å². The van der Waals surface area contributed by atoms with Crippen LogP contribution in [0.2, 0.25) is 0 Å². The Morgan fingerprint density at radius 2 is 1.14 bits per heavy atom. The summed E-state index contributed by atoms with van der Waals surface area (Å²) in [7, 11) is 0. The van der Waals surface area contributed by atoms with E-state index in [-0.39, 0.29) is 49.4 Å². The van der Waals surface area contributed by atoms with Crippen molar-refractivity contribution in [3.63, 3.8) is 0 Å². The maximum Gasteiger partial charge on any atom is 0.111 e. The normalized spacial score (nSPS) is 15.8. The first kappa shape index (κ1) is 14.4. The molecule has 2 heteroatoms. The van der Waals surface area contributed by atoms with E-state index in [4.69, 9.17) is 17.3 Å². The van der Waals surface area contributed by atoms with E-state index in [9.17, 15) is 5.48 Å². The summed E-state index contributed by atoms with van der Waals surface area (Å²) in [6.45, 7) is 1.83. The maximum atomic E-state index is 9.38. The molecule has 42 heavy (non-hydrogen) atoms. The van der Waals surface area contributed by atoms with Crippen LogP contribution in [0.15, 0.2) is 151 Å². The fraction of sp³-hybridized carbons (Fsp3) is 0.0250. The van der Waals surface area contributed by atoms with E-state index in [2.05, 4.69) is 0 Å². The van der Waals surface area contributed by atoms with Gasteiger partial charge >= 0.3 is 0 Å². The van der Waals surface area contributed by atoms with Gasteiger partial charge in [0.25, 0.3) is 0 Å². The van der Waals surface area contributed by atoms with Gasteiger partial charge in [-0.05, 0) is 80.6 Å². The molecule has 8 aromatic rings. The number of hydrogen-bond acceptors (Lipinski definition) is 1. The molecule has 2 nitrogen and oxygen atoms in total.